The molecule has 0 radical (unpaired) electrons. The van der Waals surface area contributed by atoms with E-state index in [1.807, 2.05) is 30.3 Å². The Balaban J connectivity index is 2.40. The van der Waals surface area contributed by atoms with Gasteiger partial charge in [0.05, 0.1) is 5.38 Å². The summed E-state index contributed by atoms with van der Waals surface area (Å²) in [4.78, 5) is 0. The van der Waals surface area contributed by atoms with Gasteiger partial charge in [0, 0.05) is 5.02 Å². The fraction of sp³-hybridized carbons (Fsp3) is 0.200. The second kappa shape index (κ2) is 5.12. The Bertz CT molecular complexity index is 515. The average Bonchev–Trinajstić information content (AvgIpc) is 2.33. The van der Waals surface area contributed by atoms with Crippen molar-refractivity contribution in [2.75, 3.05) is 0 Å². The molecule has 0 nitrogen and oxygen atoms in total. The van der Waals surface area contributed by atoms with Crippen LogP contribution in [0.25, 0.3) is 0 Å². The maximum absolute atomic E-state index is 6.52. The van der Waals surface area contributed by atoms with Crippen LogP contribution in [-0.4, -0.2) is 0 Å². The van der Waals surface area contributed by atoms with Crippen molar-refractivity contribution in [1.29, 1.82) is 0 Å². The van der Waals surface area contributed by atoms with E-state index in [0.717, 1.165) is 16.1 Å². The molecular formula is C15H14Cl2. The van der Waals surface area contributed by atoms with Gasteiger partial charge in [0.2, 0.25) is 0 Å². The summed E-state index contributed by atoms with van der Waals surface area (Å²) in [6.07, 6.45) is 0. The molecule has 0 saturated carbocycles. The molecule has 1 unspecified atom stereocenters. The third-order valence-corrected chi connectivity index (χ3v) is 3.82. The van der Waals surface area contributed by atoms with Gasteiger partial charge < -0.3 is 0 Å². The first-order valence-corrected chi connectivity index (χ1v) is 6.36. The standard InChI is InChI=1S/C15H14Cl2/c1-10-4-3-5-14(11(10)2)15(17)12-6-8-13(16)9-7-12/h3-9,15H,1-2H3. The molecule has 0 amide bonds. The summed E-state index contributed by atoms with van der Waals surface area (Å²) >= 11 is 12.4. The van der Waals surface area contributed by atoms with Gasteiger partial charge in [0.1, 0.15) is 0 Å². The number of aryl methyl sites for hydroxylation is 1. The molecule has 17 heavy (non-hydrogen) atoms. The van der Waals surface area contributed by atoms with E-state index in [2.05, 4.69) is 26.0 Å². The molecule has 0 aliphatic heterocycles. The molecule has 0 bridgehead atoms. The highest BCUT2D eigenvalue weighted by Crippen LogP contribution is 2.32. The lowest BCUT2D eigenvalue weighted by molar-refractivity contribution is 1.10. The summed E-state index contributed by atoms with van der Waals surface area (Å²) < 4.78 is 0. The Kier molecular flexibility index (Phi) is 3.76. The van der Waals surface area contributed by atoms with Crippen LogP contribution in [-0.2, 0) is 0 Å². The predicted molar refractivity (Wildman–Crippen MR) is 75.1 cm³/mol. The molecule has 0 heterocycles. The van der Waals surface area contributed by atoms with Crippen molar-refractivity contribution < 1.29 is 0 Å². The minimum absolute atomic E-state index is 0.118. The van der Waals surface area contributed by atoms with Crippen LogP contribution in [0, 0.1) is 13.8 Å². The summed E-state index contributed by atoms with van der Waals surface area (Å²) in [5.74, 6) is 0. The maximum atomic E-state index is 6.52. The van der Waals surface area contributed by atoms with Gasteiger partial charge >= 0.3 is 0 Å². The first-order valence-electron chi connectivity index (χ1n) is 5.55. The first kappa shape index (κ1) is 12.5. The lowest BCUT2D eigenvalue weighted by Gasteiger charge is -2.14. The fourth-order valence-electron chi connectivity index (χ4n) is 1.86. The minimum atomic E-state index is -0.118. The van der Waals surface area contributed by atoms with Crippen LogP contribution < -0.4 is 0 Å². The Labute approximate surface area is 112 Å². The monoisotopic (exact) mass is 264 g/mol. The molecule has 0 N–H and O–H groups in total. The zero-order chi connectivity index (χ0) is 12.4. The number of benzene rings is 2. The van der Waals surface area contributed by atoms with Gasteiger partial charge in [-0.05, 0) is 48.2 Å². The molecule has 88 valence electrons. The highest BCUT2D eigenvalue weighted by Gasteiger charge is 2.13. The Morgan fingerprint density at radius 2 is 1.59 bits per heavy atom. The zero-order valence-corrected chi connectivity index (χ0v) is 11.4. The van der Waals surface area contributed by atoms with Crippen molar-refractivity contribution in [1.82, 2.24) is 0 Å². The predicted octanol–water partition coefficient (Wildman–Crippen LogP) is 5.29. The summed E-state index contributed by atoms with van der Waals surface area (Å²) in [5, 5.41) is 0.616. The Morgan fingerprint density at radius 3 is 2.24 bits per heavy atom. The van der Waals surface area contributed by atoms with Crippen LogP contribution in [0.3, 0.4) is 0 Å². The number of alkyl halides is 1. The van der Waals surface area contributed by atoms with Crippen molar-refractivity contribution in [2.24, 2.45) is 0 Å². The molecule has 0 spiro atoms. The molecule has 2 aromatic rings. The van der Waals surface area contributed by atoms with E-state index in [0.29, 0.717) is 0 Å². The molecule has 2 heteroatoms. The van der Waals surface area contributed by atoms with Crippen LogP contribution in [0.1, 0.15) is 27.6 Å². The Hall–Kier alpha value is -0.980. The van der Waals surface area contributed by atoms with Crippen molar-refractivity contribution >= 4 is 23.2 Å². The largest absolute Gasteiger partial charge is 0.113 e. The van der Waals surface area contributed by atoms with E-state index < -0.39 is 0 Å². The number of halogens is 2. The normalized spacial score (nSPS) is 12.5. The van der Waals surface area contributed by atoms with Gasteiger partial charge in [-0.2, -0.15) is 0 Å². The van der Waals surface area contributed by atoms with Crippen LogP contribution in [0.2, 0.25) is 5.02 Å². The van der Waals surface area contributed by atoms with E-state index in [1.54, 1.807) is 0 Å². The molecular weight excluding hydrogens is 251 g/mol. The van der Waals surface area contributed by atoms with Crippen molar-refractivity contribution in [3.05, 3.63) is 69.7 Å². The van der Waals surface area contributed by atoms with E-state index in [-0.39, 0.29) is 5.38 Å². The molecule has 0 fully saturated rings. The van der Waals surface area contributed by atoms with Crippen molar-refractivity contribution in [2.45, 2.75) is 19.2 Å². The van der Waals surface area contributed by atoms with Crippen LogP contribution in [0.5, 0.6) is 0 Å². The van der Waals surface area contributed by atoms with Crippen LogP contribution in [0.4, 0.5) is 0 Å². The van der Waals surface area contributed by atoms with Gasteiger partial charge in [-0.3, -0.25) is 0 Å². The smallest absolute Gasteiger partial charge is 0.0838 e. The van der Waals surface area contributed by atoms with Crippen molar-refractivity contribution in [3.8, 4) is 0 Å². The van der Waals surface area contributed by atoms with Gasteiger partial charge in [0.25, 0.3) is 0 Å². The highest BCUT2D eigenvalue weighted by atomic mass is 35.5. The van der Waals surface area contributed by atoms with Gasteiger partial charge in [0.15, 0.2) is 0 Å². The van der Waals surface area contributed by atoms with E-state index in [9.17, 15) is 0 Å². The number of hydrogen-bond donors (Lipinski definition) is 0. The average molecular weight is 265 g/mol. The quantitative estimate of drug-likeness (QED) is 0.647. The van der Waals surface area contributed by atoms with Crippen molar-refractivity contribution in [3.63, 3.8) is 0 Å². The topological polar surface area (TPSA) is 0 Å². The third kappa shape index (κ3) is 2.65. The maximum Gasteiger partial charge on any atom is 0.0838 e. The lowest BCUT2D eigenvalue weighted by Crippen LogP contribution is -1.97. The molecule has 1 atom stereocenters. The summed E-state index contributed by atoms with van der Waals surface area (Å²) in [6, 6.07) is 13.9. The highest BCUT2D eigenvalue weighted by molar-refractivity contribution is 6.30. The van der Waals surface area contributed by atoms with Gasteiger partial charge in [-0.15, -0.1) is 11.6 Å². The Morgan fingerprint density at radius 1 is 0.941 bits per heavy atom. The van der Waals surface area contributed by atoms with Gasteiger partial charge in [-0.1, -0.05) is 41.9 Å². The summed E-state index contributed by atoms with van der Waals surface area (Å²) in [7, 11) is 0. The molecule has 2 rings (SSSR count). The molecule has 0 saturated heterocycles. The molecule has 0 aromatic heterocycles. The van der Waals surface area contributed by atoms with E-state index in [1.165, 1.54) is 11.1 Å². The van der Waals surface area contributed by atoms with Gasteiger partial charge in [-0.25, -0.2) is 0 Å². The zero-order valence-electron chi connectivity index (χ0n) is 9.87. The lowest BCUT2D eigenvalue weighted by atomic mass is 9.97. The summed E-state index contributed by atoms with van der Waals surface area (Å²) in [5.41, 5.74) is 4.75. The SMILES string of the molecule is Cc1cccc(C(Cl)c2ccc(Cl)cc2)c1C. The van der Waals surface area contributed by atoms with Crippen LogP contribution >= 0.6 is 23.2 Å². The third-order valence-electron chi connectivity index (χ3n) is 3.08. The second-order valence-corrected chi connectivity index (χ2v) is 5.08. The number of rotatable bonds is 2. The summed E-state index contributed by atoms with van der Waals surface area (Å²) in [6.45, 7) is 4.21. The van der Waals surface area contributed by atoms with E-state index in [4.69, 9.17) is 23.2 Å². The number of hydrogen-bond acceptors (Lipinski definition) is 0. The minimum Gasteiger partial charge on any atom is -0.113 e. The second-order valence-electron chi connectivity index (χ2n) is 4.20. The first-order chi connectivity index (χ1) is 8.09. The molecule has 0 aliphatic carbocycles. The molecule has 2 aromatic carbocycles. The van der Waals surface area contributed by atoms with E-state index >= 15 is 0 Å². The van der Waals surface area contributed by atoms with Crippen LogP contribution in [0.15, 0.2) is 42.5 Å². The fourth-order valence-corrected chi connectivity index (χ4v) is 2.37. The molecule has 0 aliphatic rings.